The van der Waals surface area contributed by atoms with Crippen LogP contribution in [0.5, 0.6) is 0 Å². The van der Waals surface area contributed by atoms with Crippen molar-refractivity contribution in [2.45, 2.75) is 25.1 Å². The van der Waals surface area contributed by atoms with E-state index in [2.05, 4.69) is 0 Å². The van der Waals surface area contributed by atoms with Gasteiger partial charge in [-0.1, -0.05) is 23.7 Å². The number of benzene rings is 1. The first kappa shape index (κ1) is 9.88. The Hall–Kier alpha value is -0.200. The highest BCUT2D eigenvalue weighted by molar-refractivity contribution is 6.30. The van der Waals surface area contributed by atoms with E-state index in [0.717, 1.165) is 11.4 Å². The summed E-state index contributed by atoms with van der Waals surface area (Å²) in [4.78, 5) is -0.173. The Kier molecular flexibility index (Phi) is 3.03. The van der Waals surface area contributed by atoms with Crippen molar-refractivity contribution in [1.29, 1.82) is 0 Å². The van der Waals surface area contributed by atoms with Gasteiger partial charge in [0.1, 0.15) is 0 Å². The van der Waals surface area contributed by atoms with E-state index >= 15 is 0 Å². The molecule has 0 nitrogen and oxygen atoms in total. The molecule has 0 bridgehead atoms. The Labute approximate surface area is 83.5 Å². The van der Waals surface area contributed by atoms with E-state index < -0.39 is 0 Å². The van der Waals surface area contributed by atoms with E-state index in [-0.39, 0.29) is 4.87 Å². The first-order chi connectivity index (χ1) is 5.47. The highest BCUT2D eigenvalue weighted by Crippen LogP contribution is 2.20. The number of alkyl halides is 1. The summed E-state index contributed by atoms with van der Waals surface area (Å²) in [7, 11) is 0. The molecular weight excluding hydrogens is 191 g/mol. The van der Waals surface area contributed by atoms with Crippen molar-refractivity contribution in [2.24, 2.45) is 0 Å². The second kappa shape index (κ2) is 3.68. The number of halogens is 2. The first-order valence-corrected chi connectivity index (χ1v) is 4.66. The lowest BCUT2D eigenvalue weighted by molar-refractivity contribution is 0.694. The Morgan fingerprint density at radius 2 is 1.67 bits per heavy atom. The number of rotatable bonds is 2. The SMILES string of the molecule is CC(C)(Cl)Cc1ccc(Cl)cc1. The van der Waals surface area contributed by atoms with Crippen LogP contribution in [-0.2, 0) is 6.42 Å². The first-order valence-electron chi connectivity index (χ1n) is 3.91. The topological polar surface area (TPSA) is 0 Å². The highest BCUT2D eigenvalue weighted by Gasteiger charge is 2.13. The molecule has 0 aromatic heterocycles. The third-order valence-electron chi connectivity index (χ3n) is 1.54. The summed E-state index contributed by atoms with van der Waals surface area (Å²) in [5, 5.41) is 0.770. The van der Waals surface area contributed by atoms with Crippen molar-refractivity contribution in [3.05, 3.63) is 34.9 Å². The summed E-state index contributed by atoms with van der Waals surface area (Å²) < 4.78 is 0. The largest absolute Gasteiger partial charge is 0.120 e. The molecule has 12 heavy (non-hydrogen) atoms. The Balaban J connectivity index is 2.71. The van der Waals surface area contributed by atoms with Gasteiger partial charge in [-0.2, -0.15) is 0 Å². The predicted molar refractivity (Wildman–Crippen MR) is 55.1 cm³/mol. The van der Waals surface area contributed by atoms with Gasteiger partial charge in [-0.05, 0) is 38.0 Å². The summed E-state index contributed by atoms with van der Waals surface area (Å²) in [5.41, 5.74) is 1.22. The number of hydrogen-bond acceptors (Lipinski definition) is 0. The summed E-state index contributed by atoms with van der Waals surface area (Å²) >= 11 is 11.8. The van der Waals surface area contributed by atoms with E-state index in [0.29, 0.717) is 0 Å². The zero-order chi connectivity index (χ0) is 9.19. The molecule has 0 aliphatic heterocycles. The van der Waals surface area contributed by atoms with Gasteiger partial charge in [0.25, 0.3) is 0 Å². The summed E-state index contributed by atoms with van der Waals surface area (Å²) in [5.74, 6) is 0. The van der Waals surface area contributed by atoms with E-state index in [1.165, 1.54) is 5.56 Å². The van der Waals surface area contributed by atoms with E-state index in [1.54, 1.807) is 0 Å². The lowest BCUT2D eigenvalue weighted by atomic mass is 10.0. The lowest BCUT2D eigenvalue weighted by Gasteiger charge is -2.15. The summed E-state index contributed by atoms with van der Waals surface area (Å²) in [6, 6.07) is 7.79. The van der Waals surface area contributed by atoms with Crippen LogP contribution < -0.4 is 0 Å². The molecular formula is C10H12Cl2. The minimum Gasteiger partial charge on any atom is -0.120 e. The average molecular weight is 203 g/mol. The van der Waals surface area contributed by atoms with Gasteiger partial charge in [0, 0.05) is 9.90 Å². The Bertz CT molecular complexity index is 244. The van der Waals surface area contributed by atoms with Crippen LogP contribution in [0.4, 0.5) is 0 Å². The zero-order valence-corrected chi connectivity index (χ0v) is 8.78. The van der Waals surface area contributed by atoms with Gasteiger partial charge in [-0.15, -0.1) is 11.6 Å². The molecule has 0 heterocycles. The minimum atomic E-state index is -0.173. The quantitative estimate of drug-likeness (QED) is 0.639. The molecule has 0 radical (unpaired) electrons. The molecule has 1 rings (SSSR count). The van der Waals surface area contributed by atoms with Crippen molar-refractivity contribution in [2.75, 3.05) is 0 Å². The molecule has 0 atom stereocenters. The molecule has 0 saturated carbocycles. The Morgan fingerprint density at radius 1 is 1.17 bits per heavy atom. The minimum absolute atomic E-state index is 0.173. The molecule has 0 unspecified atom stereocenters. The Morgan fingerprint density at radius 3 is 2.08 bits per heavy atom. The van der Waals surface area contributed by atoms with Gasteiger partial charge in [0.2, 0.25) is 0 Å². The molecule has 0 spiro atoms. The summed E-state index contributed by atoms with van der Waals surface area (Å²) in [6.45, 7) is 4.01. The molecule has 1 aromatic rings. The average Bonchev–Trinajstić information content (AvgIpc) is 1.91. The summed E-state index contributed by atoms with van der Waals surface area (Å²) in [6.07, 6.45) is 0.867. The zero-order valence-electron chi connectivity index (χ0n) is 7.27. The normalized spacial score (nSPS) is 11.7. The van der Waals surface area contributed by atoms with Crippen LogP contribution in [0.15, 0.2) is 24.3 Å². The van der Waals surface area contributed by atoms with Crippen molar-refractivity contribution in [1.82, 2.24) is 0 Å². The van der Waals surface area contributed by atoms with Crippen LogP contribution in [0.2, 0.25) is 5.02 Å². The van der Waals surface area contributed by atoms with Gasteiger partial charge in [0.15, 0.2) is 0 Å². The molecule has 1 aromatic carbocycles. The molecule has 0 fully saturated rings. The van der Waals surface area contributed by atoms with Crippen LogP contribution in [-0.4, -0.2) is 4.87 Å². The van der Waals surface area contributed by atoms with Crippen molar-refractivity contribution >= 4 is 23.2 Å². The van der Waals surface area contributed by atoms with Crippen LogP contribution >= 0.6 is 23.2 Å². The van der Waals surface area contributed by atoms with Gasteiger partial charge < -0.3 is 0 Å². The van der Waals surface area contributed by atoms with Crippen LogP contribution in [0.25, 0.3) is 0 Å². The van der Waals surface area contributed by atoms with E-state index in [4.69, 9.17) is 23.2 Å². The van der Waals surface area contributed by atoms with Crippen LogP contribution in [0, 0.1) is 0 Å². The molecule has 2 heteroatoms. The lowest BCUT2D eigenvalue weighted by Crippen LogP contribution is -2.13. The van der Waals surface area contributed by atoms with Crippen molar-refractivity contribution in [3.63, 3.8) is 0 Å². The van der Waals surface area contributed by atoms with E-state index in [1.807, 2.05) is 38.1 Å². The van der Waals surface area contributed by atoms with Gasteiger partial charge >= 0.3 is 0 Å². The fourth-order valence-corrected chi connectivity index (χ4v) is 1.37. The van der Waals surface area contributed by atoms with Crippen molar-refractivity contribution in [3.8, 4) is 0 Å². The molecule has 0 aliphatic rings. The molecule has 0 aliphatic carbocycles. The van der Waals surface area contributed by atoms with Crippen LogP contribution in [0.3, 0.4) is 0 Å². The maximum atomic E-state index is 6.07. The van der Waals surface area contributed by atoms with Gasteiger partial charge in [-0.25, -0.2) is 0 Å². The maximum absolute atomic E-state index is 6.07. The highest BCUT2D eigenvalue weighted by atomic mass is 35.5. The molecule has 0 N–H and O–H groups in total. The van der Waals surface area contributed by atoms with E-state index in [9.17, 15) is 0 Å². The maximum Gasteiger partial charge on any atom is 0.0430 e. The third kappa shape index (κ3) is 3.46. The third-order valence-corrected chi connectivity index (χ3v) is 1.92. The predicted octanol–water partition coefficient (Wildman–Crippen LogP) is 3.90. The van der Waals surface area contributed by atoms with Crippen LogP contribution in [0.1, 0.15) is 19.4 Å². The standard InChI is InChI=1S/C10H12Cl2/c1-10(2,12)7-8-3-5-9(11)6-4-8/h3-6H,7H2,1-2H3. The second-order valence-corrected chi connectivity index (χ2v) is 4.98. The fraction of sp³-hybridized carbons (Fsp3) is 0.400. The second-order valence-electron chi connectivity index (χ2n) is 3.52. The molecule has 0 amide bonds. The monoisotopic (exact) mass is 202 g/mol. The van der Waals surface area contributed by atoms with Gasteiger partial charge in [0.05, 0.1) is 0 Å². The molecule has 0 saturated heterocycles. The smallest absolute Gasteiger partial charge is 0.0430 e. The van der Waals surface area contributed by atoms with Gasteiger partial charge in [-0.3, -0.25) is 0 Å². The molecule has 66 valence electrons. The number of hydrogen-bond donors (Lipinski definition) is 0. The fourth-order valence-electron chi connectivity index (χ4n) is 1.09. The van der Waals surface area contributed by atoms with Crippen molar-refractivity contribution < 1.29 is 0 Å².